The van der Waals surface area contributed by atoms with Gasteiger partial charge >= 0.3 is 6.61 Å². The normalized spacial score (nSPS) is 17.2. The van der Waals surface area contributed by atoms with Gasteiger partial charge < -0.3 is 10.5 Å². The van der Waals surface area contributed by atoms with E-state index in [1.165, 1.54) is 0 Å². The van der Waals surface area contributed by atoms with Gasteiger partial charge in [0.05, 0.1) is 4.90 Å². The van der Waals surface area contributed by atoms with E-state index in [0.29, 0.717) is 18.2 Å². The highest BCUT2D eigenvalue weighted by Gasteiger charge is 2.26. The monoisotopic (exact) mass is 386 g/mol. The van der Waals surface area contributed by atoms with Crippen LogP contribution in [0.25, 0.3) is 0 Å². The fourth-order valence-corrected chi connectivity index (χ4v) is 4.31. The number of benzene rings is 2. The summed E-state index contributed by atoms with van der Waals surface area (Å²) in [5.41, 5.74) is 8.16. The van der Waals surface area contributed by atoms with E-state index in [1.807, 2.05) is 6.07 Å². The van der Waals surface area contributed by atoms with Gasteiger partial charge in [0.1, 0.15) is 0 Å². The number of nitrogen functional groups attached to an aromatic ring is 1. The molecule has 0 fully saturated rings. The van der Waals surface area contributed by atoms with Crippen molar-refractivity contribution in [2.24, 2.45) is 0 Å². The summed E-state index contributed by atoms with van der Waals surface area (Å²) in [7, 11) is -4.04. The number of ether oxygens (including phenoxy) is 1. The summed E-state index contributed by atoms with van der Waals surface area (Å²) in [6.45, 7) is -3.20. The van der Waals surface area contributed by atoms with E-state index < -0.39 is 34.2 Å². The average molecular weight is 386 g/mol. The lowest BCUT2D eigenvalue weighted by Gasteiger charge is -2.26. The lowest BCUT2D eigenvalue weighted by molar-refractivity contribution is -0.0522. The maximum absolute atomic E-state index is 13.8. The van der Waals surface area contributed by atoms with Crippen molar-refractivity contribution >= 4 is 15.7 Å². The molecule has 0 aliphatic heterocycles. The number of rotatable bonds is 5. The fraction of sp³-hybridized carbons (Fsp3) is 0.294. The SMILES string of the molecule is Nc1ccc2c(c1)CCCC2NS(=O)(=O)c1ccc(OC(F)F)c(F)c1. The van der Waals surface area contributed by atoms with E-state index in [-0.39, 0.29) is 4.90 Å². The summed E-state index contributed by atoms with van der Waals surface area (Å²) < 4.78 is 69.9. The summed E-state index contributed by atoms with van der Waals surface area (Å²) in [5.74, 6) is -1.89. The second-order valence-corrected chi connectivity index (χ2v) is 7.71. The third kappa shape index (κ3) is 3.94. The van der Waals surface area contributed by atoms with Crippen molar-refractivity contribution < 1.29 is 26.3 Å². The zero-order valence-corrected chi connectivity index (χ0v) is 14.4. The molecule has 0 saturated carbocycles. The van der Waals surface area contributed by atoms with Crippen molar-refractivity contribution in [2.45, 2.75) is 36.8 Å². The third-order valence-corrected chi connectivity index (χ3v) is 5.68. The molecule has 0 bridgehead atoms. The lowest BCUT2D eigenvalue weighted by Crippen LogP contribution is -2.31. The second kappa shape index (κ2) is 7.16. The first-order valence-corrected chi connectivity index (χ1v) is 9.39. The number of fused-ring (bicyclic) bond motifs is 1. The van der Waals surface area contributed by atoms with Gasteiger partial charge in [0.15, 0.2) is 11.6 Å². The molecule has 1 atom stereocenters. The predicted octanol–water partition coefficient (Wildman–Crippen LogP) is 3.37. The third-order valence-electron chi connectivity index (χ3n) is 4.21. The molecule has 0 spiro atoms. The number of sulfonamides is 1. The van der Waals surface area contributed by atoms with Crippen LogP contribution in [0.15, 0.2) is 41.3 Å². The molecule has 1 aliphatic carbocycles. The Hall–Kier alpha value is -2.26. The fourth-order valence-electron chi connectivity index (χ4n) is 3.05. The Morgan fingerprint density at radius 2 is 1.96 bits per heavy atom. The number of hydrogen-bond donors (Lipinski definition) is 2. The van der Waals surface area contributed by atoms with Crippen molar-refractivity contribution in [3.05, 3.63) is 53.3 Å². The highest BCUT2D eigenvalue weighted by Crippen LogP contribution is 2.32. The number of hydrogen-bond acceptors (Lipinski definition) is 4. The summed E-state index contributed by atoms with van der Waals surface area (Å²) in [6.07, 6.45) is 2.16. The van der Waals surface area contributed by atoms with Gasteiger partial charge in [0.25, 0.3) is 0 Å². The van der Waals surface area contributed by atoms with Crippen LogP contribution in [0.2, 0.25) is 0 Å². The first-order chi connectivity index (χ1) is 12.3. The molecule has 1 aliphatic rings. The number of halogens is 3. The molecule has 0 aromatic heterocycles. The van der Waals surface area contributed by atoms with Crippen LogP contribution in [-0.4, -0.2) is 15.0 Å². The van der Waals surface area contributed by atoms with Crippen molar-refractivity contribution in [2.75, 3.05) is 5.73 Å². The number of aryl methyl sites for hydroxylation is 1. The van der Waals surface area contributed by atoms with Crippen molar-refractivity contribution in [1.82, 2.24) is 4.72 Å². The summed E-state index contributed by atoms with van der Waals surface area (Å²) in [4.78, 5) is -0.362. The molecular formula is C17H17F3N2O3S. The Morgan fingerprint density at radius 3 is 2.65 bits per heavy atom. The number of alkyl halides is 2. The Morgan fingerprint density at radius 1 is 1.19 bits per heavy atom. The summed E-state index contributed by atoms with van der Waals surface area (Å²) in [6, 6.07) is 7.36. The molecule has 5 nitrogen and oxygen atoms in total. The van der Waals surface area contributed by atoms with Gasteiger partial charge in [0, 0.05) is 11.7 Å². The molecule has 2 aromatic rings. The van der Waals surface area contributed by atoms with Gasteiger partial charge in [-0.2, -0.15) is 8.78 Å². The molecule has 0 saturated heterocycles. The van der Waals surface area contributed by atoms with Crippen LogP contribution in [0.4, 0.5) is 18.9 Å². The minimum Gasteiger partial charge on any atom is -0.432 e. The van der Waals surface area contributed by atoms with Crippen LogP contribution in [0.5, 0.6) is 5.75 Å². The molecule has 3 N–H and O–H groups in total. The average Bonchev–Trinajstić information content (AvgIpc) is 2.56. The van der Waals surface area contributed by atoms with Crippen molar-refractivity contribution in [3.63, 3.8) is 0 Å². The van der Waals surface area contributed by atoms with E-state index >= 15 is 0 Å². The number of nitrogens with two attached hydrogens (primary N) is 1. The molecule has 0 radical (unpaired) electrons. The van der Waals surface area contributed by atoms with Gasteiger partial charge in [-0.3, -0.25) is 0 Å². The van der Waals surface area contributed by atoms with Crippen LogP contribution < -0.4 is 15.2 Å². The van der Waals surface area contributed by atoms with Gasteiger partial charge in [0.2, 0.25) is 10.0 Å². The lowest BCUT2D eigenvalue weighted by atomic mass is 9.88. The van der Waals surface area contributed by atoms with E-state index in [4.69, 9.17) is 5.73 Å². The molecule has 3 rings (SSSR count). The zero-order valence-electron chi connectivity index (χ0n) is 13.6. The Bertz CT molecular complexity index is 919. The smallest absolute Gasteiger partial charge is 0.387 e. The maximum atomic E-state index is 13.8. The minimum absolute atomic E-state index is 0.362. The predicted molar refractivity (Wildman–Crippen MR) is 89.9 cm³/mol. The van der Waals surface area contributed by atoms with E-state index in [0.717, 1.165) is 36.1 Å². The van der Waals surface area contributed by atoms with E-state index in [1.54, 1.807) is 12.1 Å². The second-order valence-electron chi connectivity index (χ2n) is 6.00. The quantitative estimate of drug-likeness (QED) is 0.772. The van der Waals surface area contributed by atoms with Gasteiger partial charge in [-0.05, 0) is 60.7 Å². The zero-order chi connectivity index (χ0) is 18.9. The van der Waals surface area contributed by atoms with E-state index in [9.17, 15) is 21.6 Å². The molecule has 0 amide bonds. The maximum Gasteiger partial charge on any atom is 0.387 e. The first kappa shape index (κ1) is 18.5. The molecule has 140 valence electrons. The Balaban J connectivity index is 1.85. The molecule has 9 heteroatoms. The van der Waals surface area contributed by atoms with Gasteiger partial charge in [-0.25, -0.2) is 17.5 Å². The van der Waals surface area contributed by atoms with Crippen LogP contribution in [0.3, 0.4) is 0 Å². The highest BCUT2D eigenvalue weighted by molar-refractivity contribution is 7.89. The number of anilines is 1. The molecule has 0 heterocycles. The summed E-state index contributed by atoms with van der Waals surface area (Å²) in [5, 5.41) is 0. The van der Waals surface area contributed by atoms with Gasteiger partial charge in [-0.15, -0.1) is 0 Å². The Kier molecular flexibility index (Phi) is 5.10. The molecule has 2 aromatic carbocycles. The standard InChI is InChI=1S/C17H17F3N2O3S/c18-14-9-12(5-7-16(14)25-17(19)20)26(23,24)22-15-3-1-2-10-8-11(21)4-6-13(10)15/h4-9,15,17,22H,1-3,21H2. The first-order valence-electron chi connectivity index (χ1n) is 7.91. The topological polar surface area (TPSA) is 81.4 Å². The Labute approximate surface area is 149 Å². The van der Waals surface area contributed by atoms with E-state index in [2.05, 4.69) is 9.46 Å². The van der Waals surface area contributed by atoms with Crippen LogP contribution in [0.1, 0.15) is 30.0 Å². The molecular weight excluding hydrogens is 369 g/mol. The molecule has 1 unspecified atom stereocenters. The van der Waals surface area contributed by atoms with Gasteiger partial charge in [-0.1, -0.05) is 6.07 Å². The highest BCUT2D eigenvalue weighted by atomic mass is 32.2. The van der Waals surface area contributed by atoms with Crippen molar-refractivity contribution in [3.8, 4) is 5.75 Å². The van der Waals surface area contributed by atoms with Crippen molar-refractivity contribution in [1.29, 1.82) is 0 Å². The largest absolute Gasteiger partial charge is 0.432 e. The molecule has 26 heavy (non-hydrogen) atoms. The summed E-state index contributed by atoms with van der Waals surface area (Å²) >= 11 is 0. The minimum atomic E-state index is -4.04. The number of nitrogens with one attached hydrogen (secondary N) is 1. The van der Waals surface area contributed by atoms with Crippen LogP contribution in [-0.2, 0) is 16.4 Å². The van der Waals surface area contributed by atoms with Crippen LogP contribution in [0, 0.1) is 5.82 Å². The van der Waals surface area contributed by atoms with Crippen LogP contribution >= 0.6 is 0 Å².